The van der Waals surface area contributed by atoms with Crippen LogP contribution in [0.5, 0.6) is 0 Å². The van der Waals surface area contributed by atoms with Gasteiger partial charge in [0, 0.05) is 5.41 Å². The average molecular weight is 495 g/mol. The Morgan fingerprint density at radius 2 is 1.77 bits per heavy atom. The molecule has 8 heteroatoms. The van der Waals surface area contributed by atoms with Crippen LogP contribution >= 0.6 is 0 Å². The van der Waals surface area contributed by atoms with Gasteiger partial charge >= 0.3 is 0 Å². The van der Waals surface area contributed by atoms with Crippen LogP contribution in [0, 0.1) is 28.1 Å². The van der Waals surface area contributed by atoms with E-state index in [0.29, 0.717) is 5.92 Å². The third-order valence-electron chi connectivity index (χ3n) is 11.0. The highest BCUT2D eigenvalue weighted by molar-refractivity contribution is 5.86. The van der Waals surface area contributed by atoms with Gasteiger partial charge in [0.05, 0.1) is 12.2 Å². The maximum atomic E-state index is 13.7. The first-order valence-corrected chi connectivity index (χ1v) is 13.3. The van der Waals surface area contributed by atoms with Gasteiger partial charge in [-0.25, -0.2) is 0 Å². The van der Waals surface area contributed by atoms with E-state index in [-0.39, 0.29) is 29.1 Å². The third-order valence-corrected chi connectivity index (χ3v) is 11.0. The van der Waals surface area contributed by atoms with Gasteiger partial charge in [-0.3, -0.25) is 4.79 Å². The Balaban J connectivity index is 1.32. The van der Waals surface area contributed by atoms with Crippen molar-refractivity contribution in [2.45, 2.75) is 108 Å². The van der Waals surface area contributed by atoms with Crippen molar-refractivity contribution < 1.29 is 39.8 Å². The van der Waals surface area contributed by atoms with Gasteiger partial charge in [0.25, 0.3) is 0 Å². The molecular formula is C27H42O8. The largest absolute Gasteiger partial charge is 0.394 e. The number of hydrogen-bond acceptors (Lipinski definition) is 8. The number of aliphatic hydroxyl groups excluding tert-OH is 4. The Morgan fingerprint density at radius 1 is 1.06 bits per heavy atom. The molecule has 0 radical (unpaired) electrons. The van der Waals surface area contributed by atoms with E-state index in [1.54, 1.807) is 0 Å². The van der Waals surface area contributed by atoms with Gasteiger partial charge in [0.15, 0.2) is 12.1 Å². The van der Waals surface area contributed by atoms with Crippen molar-refractivity contribution in [3.63, 3.8) is 0 Å². The zero-order chi connectivity index (χ0) is 25.4. The highest BCUT2D eigenvalue weighted by atomic mass is 16.7. The fourth-order valence-electron chi connectivity index (χ4n) is 9.21. The summed E-state index contributed by atoms with van der Waals surface area (Å²) >= 11 is 0. The molecule has 1 aliphatic heterocycles. The van der Waals surface area contributed by atoms with Crippen LogP contribution in [-0.4, -0.2) is 80.8 Å². The monoisotopic (exact) mass is 494 g/mol. The molecule has 5 aliphatic rings. The molecule has 1 saturated heterocycles. The molecule has 5 rings (SSSR count). The van der Waals surface area contributed by atoms with Crippen molar-refractivity contribution in [3.8, 4) is 0 Å². The molecule has 0 amide bonds. The van der Waals surface area contributed by atoms with E-state index in [2.05, 4.69) is 20.4 Å². The third kappa shape index (κ3) is 3.70. The van der Waals surface area contributed by atoms with E-state index >= 15 is 0 Å². The maximum absolute atomic E-state index is 13.7. The summed E-state index contributed by atoms with van der Waals surface area (Å²) in [5.41, 5.74) is -0.220. The second-order valence-electron chi connectivity index (χ2n) is 12.7. The van der Waals surface area contributed by atoms with Crippen LogP contribution in [0.2, 0.25) is 0 Å². The van der Waals surface area contributed by atoms with Crippen LogP contribution in [0.3, 0.4) is 0 Å². The minimum atomic E-state index is -1.53. The number of fused-ring (bicyclic) bond motifs is 3. The van der Waals surface area contributed by atoms with Crippen molar-refractivity contribution in [1.29, 1.82) is 0 Å². The molecule has 11 unspecified atom stereocenters. The Hall–Kier alpha value is -0.870. The molecule has 1 spiro atoms. The first-order valence-electron chi connectivity index (χ1n) is 13.3. The Morgan fingerprint density at radius 3 is 2.49 bits per heavy atom. The van der Waals surface area contributed by atoms with Crippen molar-refractivity contribution in [1.82, 2.24) is 0 Å². The summed E-state index contributed by atoms with van der Waals surface area (Å²) in [6, 6.07) is 0. The van der Waals surface area contributed by atoms with Gasteiger partial charge in [-0.1, -0.05) is 26.8 Å². The maximum Gasteiger partial charge on any atom is 0.187 e. The second-order valence-corrected chi connectivity index (χ2v) is 12.7. The molecule has 11 atom stereocenters. The summed E-state index contributed by atoms with van der Waals surface area (Å²) in [6.45, 7) is 7.84. The number of ketones is 1. The summed E-state index contributed by atoms with van der Waals surface area (Å²) in [7, 11) is 0. The lowest BCUT2D eigenvalue weighted by Crippen LogP contribution is -2.60. The van der Waals surface area contributed by atoms with Crippen molar-refractivity contribution in [2.75, 3.05) is 13.2 Å². The van der Waals surface area contributed by atoms with Gasteiger partial charge in [-0.05, 0) is 79.6 Å². The van der Waals surface area contributed by atoms with Crippen molar-refractivity contribution >= 4 is 5.78 Å². The topological polar surface area (TPSA) is 137 Å². The van der Waals surface area contributed by atoms with Gasteiger partial charge < -0.3 is 35.0 Å². The zero-order valence-electron chi connectivity index (χ0n) is 21.0. The van der Waals surface area contributed by atoms with Crippen LogP contribution < -0.4 is 0 Å². The molecule has 0 aromatic rings. The van der Waals surface area contributed by atoms with Crippen molar-refractivity contribution in [2.24, 2.45) is 28.1 Å². The van der Waals surface area contributed by atoms with Crippen molar-refractivity contribution in [3.05, 3.63) is 12.2 Å². The van der Waals surface area contributed by atoms with E-state index in [4.69, 9.17) is 9.47 Å². The van der Waals surface area contributed by atoms with E-state index in [0.717, 1.165) is 63.4 Å². The number of hydrogen-bond donors (Lipinski definition) is 5. The van der Waals surface area contributed by atoms with E-state index in [1.165, 1.54) is 0 Å². The molecule has 2 bridgehead atoms. The first-order chi connectivity index (χ1) is 16.4. The van der Waals surface area contributed by atoms with Crippen LogP contribution in [-0.2, 0) is 14.3 Å². The van der Waals surface area contributed by atoms with E-state index in [1.807, 2.05) is 0 Å². The number of carbonyl (C=O) groups excluding carboxylic acids is 1. The lowest BCUT2D eigenvalue weighted by molar-refractivity contribution is -0.300. The lowest BCUT2D eigenvalue weighted by Gasteiger charge is -2.64. The second kappa shape index (κ2) is 8.58. The van der Waals surface area contributed by atoms with Gasteiger partial charge in [-0.2, -0.15) is 0 Å². The molecule has 5 N–H and O–H groups in total. The molecule has 35 heavy (non-hydrogen) atoms. The minimum Gasteiger partial charge on any atom is -0.394 e. The van der Waals surface area contributed by atoms with E-state index < -0.39 is 48.3 Å². The summed E-state index contributed by atoms with van der Waals surface area (Å²) in [4.78, 5) is 13.7. The number of rotatable bonds is 5. The van der Waals surface area contributed by atoms with Gasteiger partial charge in [0.2, 0.25) is 0 Å². The lowest BCUT2D eigenvalue weighted by atomic mass is 9.40. The van der Waals surface area contributed by atoms with Gasteiger partial charge in [-0.15, -0.1) is 0 Å². The predicted molar refractivity (Wildman–Crippen MR) is 126 cm³/mol. The first kappa shape index (κ1) is 25.8. The molecular weight excluding hydrogens is 452 g/mol. The molecule has 5 fully saturated rings. The highest BCUT2D eigenvalue weighted by Gasteiger charge is 2.67. The minimum absolute atomic E-state index is 0.00397. The molecule has 0 aromatic heterocycles. The Labute approximate surface area is 207 Å². The Kier molecular flexibility index (Phi) is 6.32. The standard InChI is InChI=1S/C27H42O8/c1-15-11-26-9-5-17-24(2,18(26)6-10-27(15,33)14-26)7-4-8-25(17,3)19(29)13-34-23-22(32)21(31)20(30)16(12-28)35-23/h16-18,20-23,28,30-33H,1,4-14H2,2-3H3. The predicted octanol–water partition coefficient (Wildman–Crippen LogP) is 1.46. The smallest absolute Gasteiger partial charge is 0.187 e. The highest BCUT2D eigenvalue weighted by Crippen LogP contribution is 2.72. The molecule has 198 valence electrons. The summed E-state index contributed by atoms with van der Waals surface area (Å²) in [5.74, 6) is 0.613. The molecule has 8 nitrogen and oxygen atoms in total. The number of Topliss-reactive ketones (excluding diaryl/α,β-unsaturated/α-hetero) is 1. The van der Waals surface area contributed by atoms with Gasteiger partial charge in [0.1, 0.15) is 31.0 Å². The fourth-order valence-corrected chi connectivity index (χ4v) is 9.21. The Bertz CT molecular complexity index is 875. The summed E-state index contributed by atoms with van der Waals surface area (Å²) in [6.07, 6.45) is 1.26. The van der Waals surface area contributed by atoms with Crippen LogP contribution in [0.25, 0.3) is 0 Å². The number of ether oxygens (including phenoxy) is 2. The summed E-state index contributed by atoms with van der Waals surface area (Å²) in [5, 5.41) is 50.9. The SMILES string of the molecule is C=C1CC23CCC4C(C)(C(=O)COC5OC(CO)C(O)C(O)C5O)CCCC4(C)C2CCC1(O)C3. The van der Waals surface area contributed by atoms with Crippen LogP contribution in [0.15, 0.2) is 12.2 Å². The van der Waals surface area contributed by atoms with Crippen LogP contribution in [0.1, 0.15) is 71.6 Å². The molecule has 0 aromatic carbocycles. The normalized spacial score (nSPS) is 53.7. The quantitative estimate of drug-likeness (QED) is 0.362. The molecule has 4 saturated carbocycles. The molecule has 1 heterocycles. The van der Waals surface area contributed by atoms with E-state index in [9.17, 15) is 30.3 Å². The number of carbonyl (C=O) groups is 1. The molecule has 4 aliphatic carbocycles. The van der Waals surface area contributed by atoms with Crippen LogP contribution in [0.4, 0.5) is 0 Å². The average Bonchev–Trinajstić information content (AvgIpc) is 2.99. The zero-order valence-corrected chi connectivity index (χ0v) is 21.0. The summed E-state index contributed by atoms with van der Waals surface area (Å²) < 4.78 is 11.1. The number of aliphatic hydroxyl groups is 5. The fraction of sp³-hybridized carbons (Fsp3) is 0.889.